The van der Waals surface area contributed by atoms with Crippen LogP contribution in [-0.4, -0.2) is 37.3 Å². The molecule has 178 valence electrons. The third-order valence-electron chi connectivity index (χ3n) is 5.16. The summed E-state index contributed by atoms with van der Waals surface area (Å²) in [6, 6.07) is 16.2. The maximum absolute atomic E-state index is 14.5. The van der Waals surface area contributed by atoms with Crippen molar-refractivity contribution < 1.29 is 27.1 Å². The zero-order valence-electron chi connectivity index (χ0n) is 18.1. The number of sulfonamides is 1. The molecule has 0 spiro atoms. The first-order valence-corrected chi connectivity index (χ1v) is 12.0. The normalized spacial score (nSPS) is 12.7. The molecule has 0 atom stereocenters. The lowest BCUT2D eigenvalue weighted by atomic mass is 10.2. The van der Waals surface area contributed by atoms with E-state index in [1.807, 2.05) is 0 Å². The molecule has 2 heterocycles. The molecule has 0 aliphatic carbocycles. The highest BCUT2D eigenvalue weighted by molar-refractivity contribution is 7.92. The van der Waals surface area contributed by atoms with Gasteiger partial charge in [0.25, 0.3) is 15.9 Å². The van der Waals surface area contributed by atoms with Crippen LogP contribution in [0.1, 0.15) is 10.4 Å². The van der Waals surface area contributed by atoms with Gasteiger partial charge < -0.3 is 14.8 Å². The molecule has 0 fully saturated rings. The van der Waals surface area contributed by atoms with Gasteiger partial charge in [0.2, 0.25) is 0 Å². The van der Waals surface area contributed by atoms with E-state index in [4.69, 9.17) is 9.47 Å². The second kappa shape index (κ2) is 9.11. The molecule has 35 heavy (non-hydrogen) atoms. The zero-order chi connectivity index (χ0) is 24.4. The summed E-state index contributed by atoms with van der Waals surface area (Å²) in [5.74, 6) is -0.273. The highest BCUT2D eigenvalue weighted by atomic mass is 32.2. The van der Waals surface area contributed by atoms with Crippen LogP contribution in [0.2, 0.25) is 0 Å². The van der Waals surface area contributed by atoms with Crippen LogP contribution in [-0.2, 0) is 10.0 Å². The molecule has 9 nitrogen and oxygen atoms in total. The summed E-state index contributed by atoms with van der Waals surface area (Å²) in [4.78, 5) is 12.7. The summed E-state index contributed by atoms with van der Waals surface area (Å²) in [6.45, 7) is 0.726. The highest BCUT2D eigenvalue weighted by Gasteiger charge is 2.20. The maximum Gasteiger partial charge on any atom is 0.262 e. The molecular weight excluding hydrogens is 475 g/mol. The number of ether oxygens (including phenoxy) is 2. The lowest BCUT2D eigenvalue weighted by Gasteiger charge is -2.19. The number of nitrogens with one attached hydrogen (secondary N) is 2. The quantitative estimate of drug-likeness (QED) is 0.421. The molecule has 11 heteroatoms. The Balaban J connectivity index is 1.31. The van der Waals surface area contributed by atoms with Gasteiger partial charge in [-0.1, -0.05) is 6.07 Å². The standard InChI is InChI=1S/C24H19FN4O5S/c25-20-14-17(5-7-21(20)29-10-2-9-26-29)27-24(30)16-3-1-4-18(13-16)28-35(31,32)19-6-8-22-23(15-19)34-12-11-33-22/h1-10,13-15,28H,11-12H2,(H,27,30). The Bertz CT molecular complexity index is 1510. The first-order chi connectivity index (χ1) is 16.9. The van der Waals surface area contributed by atoms with Crippen LogP contribution in [0.15, 0.2) is 84.0 Å². The van der Waals surface area contributed by atoms with E-state index in [0.717, 1.165) is 0 Å². The minimum absolute atomic E-state index is 0.00986. The van der Waals surface area contributed by atoms with E-state index >= 15 is 0 Å². The lowest BCUT2D eigenvalue weighted by molar-refractivity contribution is 0.102. The van der Waals surface area contributed by atoms with E-state index in [0.29, 0.717) is 24.7 Å². The van der Waals surface area contributed by atoms with Crippen molar-refractivity contribution in [2.75, 3.05) is 23.3 Å². The second-order valence-electron chi connectivity index (χ2n) is 7.56. The van der Waals surface area contributed by atoms with Gasteiger partial charge in [0.15, 0.2) is 17.3 Å². The SMILES string of the molecule is O=C(Nc1ccc(-n2cccn2)c(F)c1)c1cccc(NS(=O)(=O)c2ccc3c(c2)OCCO3)c1. The van der Waals surface area contributed by atoms with Crippen molar-refractivity contribution in [3.05, 3.63) is 90.5 Å². The lowest BCUT2D eigenvalue weighted by Crippen LogP contribution is -2.18. The Morgan fingerprint density at radius 2 is 1.77 bits per heavy atom. The van der Waals surface area contributed by atoms with Crippen LogP contribution >= 0.6 is 0 Å². The minimum Gasteiger partial charge on any atom is -0.486 e. The fourth-order valence-electron chi connectivity index (χ4n) is 3.51. The number of carbonyl (C=O) groups excluding carboxylic acids is 1. The van der Waals surface area contributed by atoms with Crippen molar-refractivity contribution in [2.24, 2.45) is 0 Å². The largest absolute Gasteiger partial charge is 0.486 e. The molecular formula is C24H19FN4O5S. The van der Waals surface area contributed by atoms with Crippen LogP contribution in [0.4, 0.5) is 15.8 Å². The number of amides is 1. The van der Waals surface area contributed by atoms with Gasteiger partial charge in [0, 0.05) is 35.4 Å². The number of anilines is 2. The van der Waals surface area contributed by atoms with Gasteiger partial charge in [-0.05, 0) is 54.6 Å². The number of rotatable bonds is 6. The van der Waals surface area contributed by atoms with Gasteiger partial charge in [-0.3, -0.25) is 9.52 Å². The summed E-state index contributed by atoms with van der Waals surface area (Å²) in [5.41, 5.74) is 0.853. The molecule has 5 rings (SSSR count). The highest BCUT2D eigenvalue weighted by Crippen LogP contribution is 2.32. The monoisotopic (exact) mass is 494 g/mol. The third kappa shape index (κ3) is 4.80. The molecule has 0 saturated heterocycles. The van der Waals surface area contributed by atoms with Gasteiger partial charge in [0.05, 0.1) is 4.90 Å². The summed E-state index contributed by atoms with van der Waals surface area (Å²) in [5, 5.41) is 6.60. The van der Waals surface area contributed by atoms with E-state index in [9.17, 15) is 17.6 Å². The minimum atomic E-state index is -3.96. The number of hydrogen-bond donors (Lipinski definition) is 2. The average molecular weight is 495 g/mol. The van der Waals surface area contributed by atoms with Crippen molar-refractivity contribution >= 4 is 27.3 Å². The van der Waals surface area contributed by atoms with E-state index in [2.05, 4.69) is 15.1 Å². The van der Waals surface area contributed by atoms with E-state index in [1.54, 1.807) is 18.3 Å². The first kappa shape index (κ1) is 22.4. The molecule has 4 aromatic rings. The topological polar surface area (TPSA) is 112 Å². The predicted molar refractivity (Wildman–Crippen MR) is 126 cm³/mol. The Kier molecular flexibility index (Phi) is 5.83. The average Bonchev–Trinajstić information content (AvgIpc) is 3.38. The van der Waals surface area contributed by atoms with Crippen molar-refractivity contribution in [3.8, 4) is 17.2 Å². The molecule has 2 N–H and O–H groups in total. The van der Waals surface area contributed by atoms with Crippen molar-refractivity contribution in [1.29, 1.82) is 0 Å². The van der Waals surface area contributed by atoms with Crippen molar-refractivity contribution in [1.82, 2.24) is 9.78 Å². The number of hydrogen-bond acceptors (Lipinski definition) is 6. The van der Waals surface area contributed by atoms with Gasteiger partial charge in [-0.25, -0.2) is 17.5 Å². The van der Waals surface area contributed by atoms with Crippen molar-refractivity contribution in [2.45, 2.75) is 4.90 Å². The fraction of sp³-hybridized carbons (Fsp3) is 0.0833. The molecule has 1 aromatic heterocycles. The van der Waals surface area contributed by atoms with Crippen LogP contribution in [0, 0.1) is 5.82 Å². The summed E-state index contributed by atoms with van der Waals surface area (Å²) in [6.07, 6.45) is 3.14. The zero-order valence-corrected chi connectivity index (χ0v) is 19.0. The molecule has 0 unspecified atom stereocenters. The Morgan fingerprint density at radius 3 is 2.54 bits per heavy atom. The van der Waals surface area contributed by atoms with Crippen LogP contribution < -0.4 is 19.5 Å². The molecule has 1 amide bonds. The second-order valence-corrected chi connectivity index (χ2v) is 9.25. The van der Waals surface area contributed by atoms with Gasteiger partial charge in [-0.15, -0.1) is 0 Å². The number of fused-ring (bicyclic) bond motifs is 1. The number of halogens is 1. The molecule has 0 radical (unpaired) electrons. The number of nitrogens with zero attached hydrogens (tertiary/aromatic N) is 2. The number of aromatic nitrogens is 2. The summed E-state index contributed by atoms with van der Waals surface area (Å²) >= 11 is 0. The molecule has 0 saturated carbocycles. The third-order valence-corrected chi connectivity index (χ3v) is 6.54. The smallest absolute Gasteiger partial charge is 0.262 e. The number of carbonyl (C=O) groups is 1. The predicted octanol–water partition coefficient (Wildman–Crippen LogP) is 3.84. The fourth-order valence-corrected chi connectivity index (χ4v) is 4.58. The van der Waals surface area contributed by atoms with Crippen LogP contribution in [0.3, 0.4) is 0 Å². The molecule has 0 bridgehead atoms. The van der Waals surface area contributed by atoms with Crippen LogP contribution in [0.25, 0.3) is 5.69 Å². The Morgan fingerprint density at radius 1 is 0.943 bits per heavy atom. The molecule has 1 aliphatic rings. The van der Waals surface area contributed by atoms with Gasteiger partial charge in [0.1, 0.15) is 18.9 Å². The Hall–Kier alpha value is -4.38. The van der Waals surface area contributed by atoms with E-state index < -0.39 is 21.7 Å². The van der Waals surface area contributed by atoms with E-state index in [1.165, 1.54) is 65.5 Å². The van der Waals surface area contributed by atoms with Gasteiger partial charge in [-0.2, -0.15) is 5.10 Å². The molecule has 1 aliphatic heterocycles. The summed E-state index contributed by atoms with van der Waals surface area (Å²) in [7, 11) is -3.96. The number of benzene rings is 3. The Labute approximate surface area is 200 Å². The van der Waals surface area contributed by atoms with Crippen molar-refractivity contribution in [3.63, 3.8) is 0 Å². The maximum atomic E-state index is 14.5. The van der Waals surface area contributed by atoms with Crippen LogP contribution in [0.5, 0.6) is 11.5 Å². The first-order valence-electron chi connectivity index (χ1n) is 10.5. The summed E-state index contributed by atoms with van der Waals surface area (Å²) < 4.78 is 54.9. The van der Waals surface area contributed by atoms with E-state index in [-0.39, 0.29) is 27.5 Å². The van der Waals surface area contributed by atoms with Gasteiger partial charge >= 0.3 is 0 Å². The molecule has 3 aromatic carbocycles.